The summed E-state index contributed by atoms with van der Waals surface area (Å²) < 4.78 is 0. The Morgan fingerprint density at radius 1 is 1.37 bits per heavy atom. The third-order valence-electron chi connectivity index (χ3n) is 3.78. The van der Waals surface area contributed by atoms with E-state index in [1.807, 2.05) is 25.1 Å². The van der Waals surface area contributed by atoms with E-state index in [4.69, 9.17) is 11.6 Å². The Balaban J connectivity index is 1.98. The average molecular weight is 284 g/mol. The van der Waals surface area contributed by atoms with Crippen LogP contribution in [0.4, 0.5) is 0 Å². The van der Waals surface area contributed by atoms with Gasteiger partial charge in [0.15, 0.2) is 0 Å². The highest BCUT2D eigenvalue weighted by atomic mass is 35.5. The van der Waals surface area contributed by atoms with Crippen molar-refractivity contribution in [1.82, 2.24) is 4.90 Å². The van der Waals surface area contributed by atoms with Crippen LogP contribution in [-0.2, 0) is 0 Å². The highest BCUT2D eigenvalue weighted by Gasteiger charge is 2.27. The highest BCUT2D eigenvalue weighted by molar-refractivity contribution is 6.31. The maximum Gasteiger partial charge on any atom is 0.0931 e. The van der Waals surface area contributed by atoms with Gasteiger partial charge in [-0.1, -0.05) is 29.8 Å². The van der Waals surface area contributed by atoms with Gasteiger partial charge >= 0.3 is 0 Å². The second-order valence-electron chi connectivity index (χ2n) is 5.41. The van der Waals surface area contributed by atoms with Crippen molar-refractivity contribution in [3.63, 3.8) is 0 Å². The molecule has 0 spiro atoms. The van der Waals surface area contributed by atoms with Gasteiger partial charge in [-0.05, 0) is 38.8 Å². The average Bonchev–Trinajstić information content (AvgIpc) is 2.76. The smallest absolute Gasteiger partial charge is 0.0931 e. The molecule has 0 aliphatic carbocycles. The van der Waals surface area contributed by atoms with Gasteiger partial charge in [0.25, 0.3) is 0 Å². The Kier molecular flexibility index (Phi) is 5.22. The number of β-amino-alcohol motifs (C(OH)–C–C–N with tert-alkyl or cyclic N) is 1. The lowest BCUT2D eigenvalue weighted by atomic mass is 10.1. The van der Waals surface area contributed by atoms with Crippen molar-refractivity contribution in [2.75, 3.05) is 13.1 Å². The lowest BCUT2D eigenvalue weighted by molar-refractivity contribution is 0.0834. The summed E-state index contributed by atoms with van der Waals surface area (Å²) in [5, 5.41) is 20.5. The van der Waals surface area contributed by atoms with Crippen molar-refractivity contribution >= 4 is 11.6 Å². The van der Waals surface area contributed by atoms with E-state index >= 15 is 0 Å². The zero-order valence-electron chi connectivity index (χ0n) is 11.3. The largest absolute Gasteiger partial charge is 0.393 e. The summed E-state index contributed by atoms with van der Waals surface area (Å²) in [6, 6.07) is 7.80. The third-order valence-corrected chi connectivity index (χ3v) is 4.13. The quantitative estimate of drug-likeness (QED) is 0.873. The second-order valence-corrected chi connectivity index (χ2v) is 5.82. The molecule has 0 bridgehead atoms. The Morgan fingerprint density at radius 3 is 2.79 bits per heavy atom. The first-order chi connectivity index (χ1) is 9.08. The fourth-order valence-electron chi connectivity index (χ4n) is 2.86. The van der Waals surface area contributed by atoms with Gasteiger partial charge in [-0.2, -0.15) is 0 Å². The minimum absolute atomic E-state index is 0.289. The molecule has 0 aromatic heterocycles. The van der Waals surface area contributed by atoms with Crippen LogP contribution in [0.5, 0.6) is 0 Å². The van der Waals surface area contributed by atoms with Crippen molar-refractivity contribution in [2.24, 2.45) is 0 Å². The Labute approximate surface area is 119 Å². The highest BCUT2D eigenvalue weighted by Crippen LogP contribution is 2.27. The number of aliphatic hydroxyl groups excluding tert-OH is 2. The van der Waals surface area contributed by atoms with E-state index in [0.717, 1.165) is 31.4 Å². The first-order valence-electron chi connectivity index (χ1n) is 6.92. The van der Waals surface area contributed by atoms with Crippen LogP contribution in [0.3, 0.4) is 0 Å². The van der Waals surface area contributed by atoms with Crippen LogP contribution in [-0.4, -0.2) is 40.3 Å². The first-order valence-corrected chi connectivity index (χ1v) is 7.30. The number of aliphatic hydroxyl groups is 2. The first kappa shape index (κ1) is 14.8. The van der Waals surface area contributed by atoms with E-state index in [2.05, 4.69) is 4.90 Å². The van der Waals surface area contributed by atoms with E-state index in [-0.39, 0.29) is 6.10 Å². The minimum Gasteiger partial charge on any atom is -0.393 e. The number of hydrogen-bond acceptors (Lipinski definition) is 3. The van der Waals surface area contributed by atoms with Gasteiger partial charge in [0.2, 0.25) is 0 Å². The van der Waals surface area contributed by atoms with Gasteiger partial charge in [-0.15, -0.1) is 0 Å². The topological polar surface area (TPSA) is 43.7 Å². The van der Waals surface area contributed by atoms with Crippen LogP contribution >= 0.6 is 11.6 Å². The molecule has 1 saturated heterocycles. The second kappa shape index (κ2) is 6.71. The molecule has 1 aliphatic rings. The molecular formula is C15H22ClNO2. The van der Waals surface area contributed by atoms with Crippen LogP contribution in [0.15, 0.2) is 24.3 Å². The molecule has 2 N–H and O–H groups in total. The number of likely N-dealkylation sites (tertiary alicyclic amines) is 1. The van der Waals surface area contributed by atoms with Crippen molar-refractivity contribution in [3.8, 4) is 0 Å². The molecule has 1 fully saturated rings. The molecule has 3 unspecified atom stereocenters. The third kappa shape index (κ3) is 3.93. The summed E-state index contributed by atoms with van der Waals surface area (Å²) >= 11 is 6.11. The number of benzene rings is 1. The molecule has 19 heavy (non-hydrogen) atoms. The molecule has 0 radical (unpaired) electrons. The van der Waals surface area contributed by atoms with Crippen LogP contribution in [0.2, 0.25) is 5.02 Å². The fourth-order valence-corrected chi connectivity index (χ4v) is 3.12. The van der Waals surface area contributed by atoms with Gasteiger partial charge in [0, 0.05) is 23.2 Å². The predicted molar refractivity (Wildman–Crippen MR) is 77.3 cm³/mol. The maximum absolute atomic E-state index is 10.3. The van der Waals surface area contributed by atoms with Gasteiger partial charge < -0.3 is 10.2 Å². The van der Waals surface area contributed by atoms with Gasteiger partial charge in [0.05, 0.1) is 12.2 Å². The lowest BCUT2D eigenvalue weighted by Crippen LogP contribution is -2.35. The molecule has 106 valence electrons. The number of hydrogen-bond donors (Lipinski definition) is 2. The monoisotopic (exact) mass is 283 g/mol. The van der Waals surface area contributed by atoms with E-state index in [0.29, 0.717) is 17.6 Å². The van der Waals surface area contributed by atoms with Gasteiger partial charge in [-0.25, -0.2) is 0 Å². The van der Waals surface area contributed by atoms with Crippen molar-refractivity contribution in [3.05, 3.63) is 34.9 Å². The van der Waals surface area contributed by atoms with Crippen molar-refractivity contribution in [2.45, 2.75) is 44.4 Å². The van der Waals surface area contributed by atoms with Crippen LogP contribution in [0.1, 0.15) is 37.9 Å². The molecule has 0 amide bonds. The normalized spacial score (nSPS) is 23.5. The SMILES string of the molecule is CC(O)CC1CCCN1CC(O)c1ccccc1Cl. The summed E-state index contributed by atoms with van der Waals surface area (Å²) in [7, 11) is 0. The Morgan fingerprint density at radius 2 is 2.11 bits per heavy atom. The van der Waals surface area contributed by atoms with E-state index < -0.39 is 6.10 Å². The zero-order chi connectivity index (χ0) is 13.8. The lowest BCUT2D eigenvalue weighted by Gasteiger charge is -2.28. The minimum atomic E-state index is -0.566. The summed E-state index contributed by atoms with van der Waals surface area (Å²) in [5.74, 6) is 0. The molecule has 4 heteroatoms. The van der Waals surface area contributed by atoms with E-state index in [1.165, 1.54) is 0 Å². The molecule has 1 aromatic rings. The molecule has 3 atom stereocenters. The molecule has 1 aromatic carbocycles. The van der Waals surface area contributed by atoms with Crippen molar-refractivity contribution < 1.29 is 10.2 Å². The summed E-state index contributed by atoms with van der Waals surface area (Å²) in [5.41, 5.74) is 0.784. The maximum atomic E-state index is 10.3. The molecule has 1 aliphatic heterocycles. The molecule has 0 saturated carbocycles. The zero-order valence-corrected chi connectivity index (χ0v) is 12.1. The predicted octanol–water partition coefficient (Wildman–Crippen LogP) is 2.61. The van der Waals surface area contributed by atoms with Crippen molar-refractivity contribution in [1.29, 1.82) is 0 Å². The van der Waals surface area contributed by atoms with Crippen LogP contribution < -0.4 is 0 Å². The molecular weight excluding hydrogens is 262 g/mol. The molecule has 2 rings (SSSR count). The standard InChI is InChI=1S/C15H22ClNO2/c1-11(18)9-12-5-4-8-17(12)10-15(19)13-6-2-3-7-14(13)16/h2-3,6-7,11-12,15,18-19H,4-5,8-10H2,1H3. The Bertz CT molecular complexity index is 411. The van der Waals surface area contributed by atoms with Crippen LogP contribution in [0, 0.1) is 0 Å². The van der Waals surface area contributed by atoms with Gasteiger partial charge in [-0.3, -0.25) is 4.90 Å². The molecule has 3 nitrogen and oxygen atoms in total. The summed E-state index contributed by atoms with van der Waals surface area (Å²) in [6.45, 7) is 3.39. The fraction of sp³-hybridized carbons (Fsp3) is 0.600. The Hall–Kier alpha value is -0.610. The van der Waals surface area contributed by atoms with E-state index in [9.17, 15) is 10.2 Å². The summed E-state index contributed by atoms with van der Waals surface area (Å²) in [4.78, 5) is 2.26. The number of rotatable bonds is 5. The summed E-state index contributed by atoms with van der Waals surface area (Å²) in [6.07, 6.45) is 2.15. The molecule has 1 heterocycles. The number of nitrogens with zero attached hydrogens (tertiary/aromatic N) is 1. The van der Waals surface area contributed by atoms with E-state index in [1.54, 1.807) is 6.07 Å². The van der Waals surface area contributed by atoms with Gasteiger partial charge in [0.1, 0.15) is 0 Å². The van der Waals surface area contributed by atoms with Crippen LogP contribution in [0.25, 0.3) is 0 Å². The number of halogens is 1.